The van der Waals surface area contributed by atoms with Crippen molar-refractivity contribution in [3.63, 3.8) is 0 Å². The molecule has 4 nitrogen and oxygen atoms in total. The lowest BCUT2D eigenvalue weighted by Crippen LogP contribution is -2.43. The monoisotopic (exact) mass is 329 g/mol. The number of nitrogens with two attached hydrogens (primary N) is 1. The molecule has 0 unspecified atom stereocenters. The maximum Gasteiger partial charge on any atom is 0.240 e. The number of hydrogen-bond acceptors (Lipinski definition) is 3. The van der Waals surface area contributed by atoms with Crippen LogP contribution >= 0.6 is 0 Å². The van der Waals surface area contributed by atoms with E-state index < -0.39 is 5.54 Å². The Kier molecular flexibility index (Phi) is 5.90. The predicted octanol–water partition coefficient (Wildman–Crippen LogP) is 2.33. The lowest BCUT2D eigenvalue weighted by atomic mass is 9.90. The van der Waals surface area contributed by atoms with Crippen molar-refractivity contribution in [1.29, 1.82) is 0 Å². The van der Waals surface area contributed by atoms with E-state index in [2.05, 4.69) is 40.5 Å². The summed E-state index contributed by atoms with van der Waals surface area (Å²) in [7, 11) is 0. The SMILES string of the molecule is NC1(C(=O)NCCCCN2CCC(Cc3ccccc3)CC2)CC1. The fourth-order valence-corrected chi connectivity index (χ4v) is 3.56. The first-order chi connectivity index (χ1) is 11.7. The molecule has 24 heavy (non-hydrogen) atoms. The van der Waals surface area contributed by atoms with Crippen molar-refractivity contribution in [2.45, 2.75) is 50.5 Å². The molecule has 1 amide bonds. The first-order valence-electron chi connectivity index (χ1n) is 9.49. The Labute approximate surface area is 145 Å². The molecule has 0 bridgehead atoms. The van der Waals surface area contributed by atoms with Crippen LogP contribution in [0.5, 0.6) is 0 Å². The third-order valence-electron chi connectivity index (χ3n) is 5.50. The van der Waals surface area contributed by atoms with Gasteiger partial charge in [-0.25, -0.2) is 0 Å². The van der Waals surface area contributed by atoms with E-state index >= 15 is 0 Å². The average Bonchev–Trinajstić information content (AvgIpc) is 3.36. The lowest BCUT2D eigenvalue weighted by molar-refractivity contribution is -0.123. The van der Waals surface area contributed by atoms with E-state index in [0.29, 0.717) is 0 Å². The number of carbonyl (C=O) groups is 1. The molecular formula is C20H31N3O. The minimum absolute atomic E-state index is 0.0456. The average molecular weight is 329 g/mol. The van der Waals surface area contributed by atoms with Gasteiger partial charge in [-0.3, -0.25) is 4.79 Å². The first kappa shape index (κ1) is 17.4. The van der Waals surface area contributed by atoms with E-state index in [1.165, 1.54) is 37.9 Å². The van der Waals surface area contributed by atoms with E-state index in [0.717, 1.165) is 44.7 Å². The number of likely N-dealkylation sites (tertiary alicyclic amines) is 1. The third-order valence-corrected chi connectivity index (χ3v) is 5.50. The summed E-state index contributed by atoms with van der Waals surface area (Å²) in [6.45, 7) is 4.36. The highest BCUT2D eigenvalue weighted by Crippen LogP contribution is 2.32. The Morgan fingerprint density at radius 2 is 1.88 bits per heavy atom. The highest BCUT2D eigenvalue weighted by molar-refractivity contribution is 5.88. The van der Waals surface area contributed by atoms with Crippen molar-refractivity contribution in [3.8, 4) is 0 Å². The minimum Gasteiger partial charge on any atom is -0.355 e. The molecule has 3 rings (SSSR count). The van der Waals surface area contributed by atoms with Gasteiger partial charge in [0.15, 0.2) is 0 Å². The molecule has 1 saturated carbocycles. The van der Waals surface area contributed by atoms with Gasteiger partial charge in [0, 0.05) is 6.54 Å². The largest absolute Gasteiger partial charge is 0.355 e. The number of carbonyl (C=O) groups excluding carboxylic acids is 1. The van der Waals surface area contributed by atoms with E-state index in [1.54, 1.807) is 0 Å². The first-order valence-corrected chi connectivity index (χ1v) is 9.49. The number of nitrogens with one attached hydrogen (secondary N) is 1. The molecule has 0 radical (unpaired) electrons. The Hall–Kier alpha value is -1.39. The zero-order valence-corrected chi connectivity index (χ0v) is 14.7. The van der Waals surface area contributed by atoms with Crippen molar-refractivity contribution in [1.82, 2.24) is 10.2 Å². The molecule has 1 saturated heterocycles. The van der Waals surface area contributed by atoms with Gasteiger partial charge in [0.1, 0.15) is 0 Å². The summed E-state index contributed by atoms with van der Waals surface area (Å²) in [5.74, 6) is 0.881. The van der Waals surface area contributed by atoms with Crippen LogP contribution in [0.25, 0.3) is 0 Å². The molecule has 1 aliphatic carbocycles. The maximum atomic E-state index is 11.7. The van der Waals surface area contributed by atoms with Crippen molar-refractivity contribution < 1.29 is 4.79 Å². The van der Waals surface area contributed by atoms with Crippen LogP contribution in [-0.2, 0) is 11.2 Å². The molecule has 2 fully saturated rings. The van der Waals surface area contributed by atoms with E-state index in [-0.39, 0.29) is 5.91 Å². The summed E-state index contributed by atoms with van der Waals surface area (Å²) in [4.78, 5) is 14.3. The summed E-state index contributed by atoms with van der Waals surface area (Å²) in [6.07, 6.45) is 7.73. The van der Waals surface area contributed by atoms with Crippen molar-refractivity contribution in [2.75, 3.05) is 26.2 Å². The second kappa shape index (κ2) is 8.13. The number of nitrogens with zero attached hydrogens (tertiary/aromatic N) is 1. The highest BCUT2D eigenvalue weighted by Gasteiger charge is 2.45. The van der Waals surface area contributed by atoms with Crippen LogP contribution in [0.4, 0.5) is 0 Å². The van der Waals surface area contributed by atoms with Gasteiger partial charge < -0.3 is 16.0 Å². The number of hydrogen-bond donors (Lipinski definition) is 2. The Bertz CT molecular complexity index is 519. The Morgan fingerprint density at radius 3 is 2.54 bits per heavy atom. The van der Waals surface area contributed by atoms with Crippen LogP contribution in [0, 0.1) is 5.92 Å². The smallest absolute Gasteiger partial charge is 0.240 e. The van der Waals surface area contributed by atoms with Crippen LogP contribution in [0.2, 0.25) is 0 Å². The van der Waals surface area contributed by atoms with Crippen LogP contribution in [0.1, 0.15) is 44.1 Å². The van der Waals surface area contributed by atoms with Gasteiger partial charge in [-0.15, -0.1) is 0 Å². The number of rotatable bonds is 8. The number of benzene rings is 1. The van der Waals surface area contributed by atoms with Crippen LogP contribution in [-0.4, -0.2) is 42.5 Å². The third kappa shape index (κ3) is 5.05. The second-order valence-electron chi connectivity index (χ2n) is 7.59. The summed E-state index contributed by atoms with van der Waals surface area (Å²) in [6, 6.07) is 10.9. The molecule has 2 aliphatic rings. The summed E-state index contributed by atoms with van der Waals surface area (Å²) in [5, 5.41) is 2.97. The van der Waals surface area contributed by atoms with E-state index in [4.69, 9.17) is 5.73 Å². The van der Waals surface area contributed by atoms with Crippen molar-refractivity contribution in [2.24, 2.45) is 11.7 Å². The molecule has 0 atom stereocenters. The van der Waals surface area contributed by atoms with Crippen molar-refractivity contribution in [3.05, 3.63) is 35.9 Å². The highest BCUT2D eigenvalue weighted by atomic mass is 16.2. The normalized spacial score (nSPS) is 20.7. The van der Waals surface area contributed by atoms with Crippen LogP contribution < -0.4 is 11.1 Å². The zero-order chi connectivity index (χ0) is 16.8. The Balaban J connectivity index is 1.24. The maximum absolute atomic E-state index is 11.7. The lowest BCUT2D eigenvalue weighted by Gasteiger charge is -2.32. The molecule has 132 valence electrons. The van der Waals surface area contributed by atoms with Crippen molar-refractivity contribution >= 4 is 5.91 Å². The predicted molar refractivity (Wildman–Crippen MR) is 97.7 cm³/mol. The summed E-state index contributed by atoms with van der Waals surface area (Å²) in [5.41, 5.74) is 6.81. The molecule has 4 heteroatoms. The quantitative estimate of drug-likeness (QED) is 0.720. The van der Waals surface area contributed by atoms with Crippen LogP contribution in [0.3, 0.4) is 0 Å². The molecule has 3 N–H and O–H groups in total. The van der Waals surface area contributed by atoms with Gasteiger partial charge in [0.2, 0.25) is 5.91 Å². The second-order valence-corrected chi connectivity index (χ2v) is 7.59. The standard InChI is InChI=1S/C20H31N3O/c21-20(10-11-20)19(24)22-12-4-5-13-23-14-8-18(9-15-23)16-17-6-2-1-3-7-17/h1-3,6-7,18H,4-5,8-16,21H2,(H,22,24). The van der Waals surface area contributed by atoms with Gasteiger partial charge in [-0.05, 0) is 76.1 Å². The molecule has 0 spiro atoms. The molecule has 1 aromatic rings. The molecule has 1 aliphatic heterocycles. The topological polar surface area (TPSA) is 58.4 Å². The van der Waals surface area contributed by atoms with Gasteiger partial charge >= 0.3 is 0 Å². The zero-order valence-electron chi connectivity index (χ0n) is 14.7. The summed E-state index contributed by atoms with van der Waals surface area (Å²) >= 11 is 0. The fraction of sp³-hybridized carbons (Fsp3) is 0.650. The van der Waals surface area contributed by atoms with E-state index in [1.807, 2.05) is 0 Å². The molecule has 1 aromatic carbocycles. The molecule has 1 heterocycles. The van der Waals surface area contributed by atoms with Gasteiger partial charge in [0.05, 0.1) is 5.54 Å². The number of amides is 1. The summed E-state index contributed by atoms with van der Waals surface area (Å²) < 4.78 is 0. The minimum atomic E-state index is -0.527. The number of unbranched alkanes of at least 4 members (excludes halogenated alkanes) is 1. The Morgan fingerprint density at radius 1 is 1.17 bits per heavy atom. The van der Waals surface area contributed by atoms with Crippen LogP contribution in [0.15, 0.2) is 30.3 Å². The fourth-order valence-electron chi connectivity index (χ4n) is 3.56. The molecule has 0 aromatic heterocycles. The molecular weight excluding hydrogens is 298 g/mol. The van der Waals surface area contributed by atoms with Gasteiger partial charge in [0.25, 0.3) is 0 Å². The van der Waals surface area contributed by atoms with Gasteiger partial charge in [-0.2, -0.15) is 0 Å². The van der Waals surface area contributed by atoms with Gasteiger partial charge in [-0.1, -0.05) is 30.3 Å². The van der Waals surface area contributed by atoms with E-state index in [9.17, 15) is 4.79 Å². The number of piperidine rings is 1.